The Hall–Kier alpha value is -2.21. The molecule has 0 saturated heterocycles. The number of fused-ring (bicyclic) bond motifs is 1. The first-order valence-electron chi connectivity index (χ1n) is 7.67. The maximum atomic E-state index is 12.0. The molecule has 24 heavy (non-hydrogen) atoms. The first-order chi connectivity index (χ1) is 11.6. The van der Waals surface area contributed by atoms with Crippen molar-refractivity contribution in [1.82, 2.24) is 5.32 Å². The predicted molar refractivity (Wildman–Crippen MR) is 96.7 cm³/mol. The Balaban J connectivity index is 1.88. The van der Waals surface area contributed by atoms with Crippen LogP contribution in [-0.2, 0) is 11.3 Å². The normalized spacial score (nSPS) is 16.1. The molecule has 1 N–H and O–H groups in total. The Kier molecular flexibility index (Phi) is 4.94. The van der Waals surface area contributed by atoms with Crippen LogP contribution in [0.25, 0.3) is 0 Å². The number of nitrogens with zero attached hydrogens (tertiary/aromatic N) is 1. The molecule has 2 aromatic carbocycles. The number of hydrogen-bond acceptors (Lipinski definition) is 4. The molecule has 0 unspecified atom stereocenters. The van der Waals surface area contributed by atoms with Crippen LogP contribution in [0.2, 0.25) is 0 Å². The number of para-hydroxylation sites is 2. The number of halogens is 1. The molecule has 1 amide bonds. The van der Waals surface area contributed by atoms with Crippen LogP contribution in [0.1, 0.15) is 5.56 Å². The lowest BCUT2D eigenvalue weighted by atomic mass is 10.1. The van der Waals surface area contributed by atoms with E-state index in [1.807, 2.05) is 42.5 Å². The molecule has 126 valence electrons. The van der Waals surface area contributed by atoms with E-state index in [-0.39, 0.29) is 5.91 Å². The number of benzene rings is 2. The van der Waals surface area contributed by atoms with E-state index in [4.69, 9.17) is 9.47 Å². The highest BCUT2D eigenvalue weighted by atomic mass is 79.9. The molecule has 6 heteroatoms. The van der Waals surface area contributed by atoms with Gasteiger partial charge in [0.15, 0.2) is 6.10 Å². The summed E-state index contributed by atoms with van der Waals surface area (Å²) < 4.78 is 12.0. The first kappa shape index (κ1) is 16.6. The van der Waals surface area contributed by atoms with Gasteiger partial charge in [0.05, 0.1) is 23.8 Å². The minimum Gasteiger partial charge on any atom is -0.496 e. The van der Waals surface area contributed by atoms with Crippen LogP contribution in [0, 0.1) is 0 Å². The van der Waals surface area contributed by atoms with Gasteiger partial charge in [-0.3, -0.25) is 4.79 Å². The average molecular weight is 391 g/mol. The largest absolute Gasteiger partial charge is 0.496 e. The van der Waals surface area contributed by atoms with Crippen LogP contribution in [0.5, 0.6) is 11.5 Å². The van der Waals surface area contributed by atoms with Gasteiger partial charge in [0.1, 0.15) is 11.5 Å². The third-order valence-electron chi connectivity index (χ3n) is 3.99. The zero-order valence-electron chi connectivity index (χ0n) is 13.6. The van der Waals surface area contributed by atoms with Crippen LogP contribution < -0.4 is 19.7 Å². The van der Waals surface area contributed by atoms with Gasteiger partial charge in [0.25, 0.3) is 5.91 Å². The summed E-state index contributed by atoms with van der Waals surface area (Å²) in [6.45, 7) is 1.18. The van der Waals surface area contributed by atoms with Crippen molar-refractivity contribution in [3.63, 3.8) is 0 Å². The van der Waals surface area contributed by atoms with Crippen LogP contribution in [0.4, 0.5) is 5.69 Å². The van der Waals surface area contributed by atoms with Crippen LogP contribution in [0.3, 0.4) is 0 Å². The summed E-state index contributed by atoms with van der Waals surface area (Å²) in [7, 11) is 3.27. The molecule has 2 aromatic rings. The second-order valence-electron chi connectivity index (χ2n) is 5.54. The zero-order valence-corrected chi connectivity index (χ0v) is 15.2. The fraction of sp³-hybridized carbons (Fsp3) is 0.278. The van der Waals surface area contributed by atoms with Gasteiger partial charge in [0, 0.05) is 13.6 Å². The van der Waals surface area contributed by atoms with Gasteiger partial charge in [-0.1, -0.05) is 18.2 Å². The quantitative estimate of drug-likeness (QED) is 0.871. The van der Waals surface area contributed by atoms with Crippen molar-refractivity contribution in [3.05, 3.63) is 52.5 Å². The Labute approximate surface area is 149 Å². The summed E-state index contributed by atoms with van der Waals surface area (Å²) in [6, 6.07) is 13.8. The summed E-state index contributed by atoms with van der Waals surface area (Å²) in [5.74, 6) is 1.40. The number of anilines is 1. The average Bonchev–Trinajstić information content (AvgIpc) is 2.61. The molecule has 0 saturated carbocycles. The van der Waals surface area contributed by atoms with Gasteiger partial charge < -0.3 is 19.7 Å². The summed E-state index contributed by atoms with van der Waals surface area (Å²) in [5.41, 5.74) is 2.11. The number of carbonyl (C=O) groups is 1. The van der Waals surface area contributed by atoms with E-state index in [1.54, 1.807) is 14.2 Å². The minimum atomic E-state index is -0.522. The Morgan fingerprint density at radius 2 is 2.17 bits per heavy atom. The molecular formula is C18H19BrN2O3. The summed E-state index contributed by atoms with van der Waals surface area (Å²) in [5, 5.41) is 2.66. The van der Waals surface area contributed by atoms with Crippen molar-refractivity contribution >= 4 is 27.5 Å². The molecule has 0 spiro atoms. The second-order valence-corrected chi connectivity index (χ2v) is 6.39. The SMILES string of the molecule is CNC(=O)[C@@H]1CN(Cc2ccc(OC)c(Br)c2)c2ccccc2O1. The third kappa shape index (κ3) is 3.33. The monoisotopic (exact) mass is 390 g/mol. The predicted octanol–water partition coefficient (Wildman–Crippen LogP) is 2.97. The van der Waals surface area contributed by atoms with Gasteiger partial charge >= 0.3 is 0 Å². The molecule has 3 rings (SSSR count). The van der Waals surface area contributed by atoms with E-state index in [2.05, 4.69) is 26.1 Å². The van der Waals surface area contributed by atoms with E-state index in [1.165, 1.54) is 0 Å². The van der Waals surface area contributed by atoms with E-state index in [0.29, 0.717) is 13.1 Å². The minimum absolute atomic E-state index is 0.120. The number of carbonyl (C=O) groups excluding carboxylic acids is 1. The maximum absolute atomic E-state index is 12.0. The lowest BCUT2D eigenvalue weighted by molar-refractivity contribution is -0.127. The smallest absolute Gasteiger partial charge is 0.262 e. The molecule has 0 aliphatic carbocycles. The summed E-state index contributed by atoms with van der Waals surface area (Å²) >= 11 is 3.52. The zero-order chi connectivity index (χ0) is 17.1. The van der Waals surface area contributed by atoms with Crippen molar-refractivity contribution in [3.8, 4) is 11.5 Å². The number of likely N-dealkylation sites (N-methyl/N-ethyl adjacent to an activating group) is 1. The van der Waals surface area contributed by atoms with Gasteiger partial charge in [-0.15, -0.1) is 0 Å². The van der Waals surface area contributed by atoms with Gasteiger partial charge in [-0.25, -0.2) is 0 Å². The molecule has 0 fully saturated rings. The Bertz CT molecular complexity index is 751. The van der Waals surface area contributed by atoms with E-state index in [0.717, 1.165) is 27.2 Å². The van der Waals surface area contributed by atoms with Crippen molar-refractivity contribution in [1.29, 1.82) is 0 Å². The molecule has 1 atom stereocenters. The lowest BCUT2D eigenvalue weighted by Gasteiger charge is -2.35. The first-order valence-corrected chi connectivity index (χ1v) is 8.46. The van der Waals surface area contributed by atoms with Gasteiger partial charge in [-0.05, 0) is 45.8 Å². The van der Waals surface area contributed by atoms with Crippen molar-refractivity contribution in [2.75, 3.05) is 25.6 Å². The molecule has 5 nitrogen and oxygen atoms in total. The van der Waals surface area contributed by atoms with E-state index < -0.39 is 6.10 Å². The van der Waals surface area contributed by atoms with Crippen LogP contribution in [0.15, 0.2) is 46.9 Å². The highest BCUT2D eigenvalue weighted by molar-refractivity contribution is 9.10. The lowest BCUT2D eigenvalue weighted by Crippen LogP contribution is -2.47. The summed E-state index contributed by atoms with van der Waals surface area (Å²) in [4.78, 5) is 14.2. The molecule has 1 aliphatic heterocycles. The molecule has 0 bridgehead atoms. The Morgan fingerprint density at radius 1 is 1.38 bits per heavy atom. The summed E-state index contributed by atoms with van der Waals surface area (Å²) in [6.07, 6.45) is -0.522. The van der Waals surface area contributed by atoms with Crippen molar-refractivity contribution in [2.24, 2.45) is 0 Å². The number of methoxy groups -OCH3 is 1. The molecule has 0 radical (unpaired) electrons. The third-order valence-corrected chi connectivity index (χ3v) is 4.61. The molecule has 1 heterocycles. The number of rotatable bonds is 4. The maximum Gasteiger partial charge on any atom is 0.262 e. The van der Waals surface area contributed by atoms with Crippen LogP contribution >= 0.6 is 15.9 Å². The Morgan fingerprint density at radius 3 is 2.88 bits per heavy atom. The number of amides is 1. The van der Waals surface area contributed by atoms with Crippen molar-refractivity contribution < 1.29 is 14.3 Å². The number of ether oxygens (including phenoxy) is 2. The van der Waals surface area contributed by atoms with Gasteiger partial charge in [-0.2, -0.15) is 0 Å². The molecular weight excluding hydrogens is 372 g/mol. The fourth-order valence-corrected chi connectivity index (χ4v) is 3.37. The highest BCUT2D eigenvalue weighted by Crippen LogP contribution is 2.35. The second kappa shape index (κ2) is 7.13. The van der Waals surface area contributed by atoms with Crippen LogP contribution in [-0.4, -0.2) is 32.7 Å². The van der Waals surface area contributed by atoms with E-state index in [9.17, 15) is 4.79 Å². The van der Waals surface area contributed by atoms with Crippen molar-refractivity contribution in [2.45, 2.75) is 12.6 Å². The number of nitrogens with one attached hydrogen (secondary N) is 1. The fourth-order valence-electron chi connectivity index (χ4n) is 2.78. The standard InChI is InChI=1S/C18H19BrN2O3/c1-20-18(22)17-11-21(14-5-3-4-6-16(14)24-17)10-12-7-8-15(23-2)13(19)9-12/h3-9,17H,10-11H2,1-2H3,(H,20,22)/t17-/m0/s1. The highest BCUT2D eigenvalue weighted by Gasteiger charge is 2.30. The number of hydrogen-bond donors (Lipinski definition) is 1. The molecule has 0 aromatic heterocycles. The topological polar surface area (TPSA) is 50.8 Å². The van der Waals surface area contributed by atoms with Gasteiger partial charge in [0.2, 0.25) is 0 Å². The molecule has 1 aliphatic rings. The van der Waals surface area contributed by atoms with E-state index >= 15 is 0 Å².